The second-order valence-corrected chi connectivity index (χ2v) is 9.98. The van der Waals surface area contributed by atoms with E-state index in [1.807, 2.05) is 43.3 Å². The van der Waals surface area contributed by atoms with Gasteiger partial charge in [0.15, 0.2) is 23.1 Å². The van der Waals surface area contributed by atoms with Gasteiger partial charge in [0.05, 0.1) is 27.9 Å². The van der Waals surface area contributed by atoms with E-state index in [0.717, 1.165) is 29.0 Å². The molecular formula is C28H32N4O5. The first-order valence-electron chi connectivity index (χ1n) is 12.3. The van der Waals surface area contributed by atoms with Crippen LogP contribution in [0.5, 0.6) is 23.0 Å². The molecule has 9 heteroatoms. The third kappa shape index (κ3) is 4.39. The van der Waals surface area contributed by atoms with E-state index in [0.29, 0.717) is 47.6 Å². The lowest BCUT2D eigenvalue weighted by molar-refractivity contribution is -0.118. The van der Waals surface area contributed by atoms with Crippen molar-refractivity contribution in [3.8, 4) is 34.4 Å². The molecule has 0 amide bonds. The molecule has 3 aromatic rings. The summed E-state index contributed by atoms with van der Waals surface area (Å²) in [6, 6.07) is 11.1. The summed E-state index contributed by atoms with van der Waals surface area (Å²) in [4.78, 5) is 18.3. The van der Waals surface area contributed by atoms with Gasteiger partial charge in [0.1, 0.15) is 11.8 Å². The molecule has 5 rings (SSSR count). The Morgan fingerprint density at radius 3 is 2.30 bits per heavy atom. The molecule has 2 aliphatic rings. The Morgan fingerprint density at radius 2 is 1.70 bits per heavy atom. The minimum absolute atomic E-state index is 0.119. The molecule has 0 saturated carbocycles. The number of hydrogen-bond acceptors (Lipinski definition) is 8. The van der Waals surface area contributed by atoms with Crippen LogP contribution in [0.4, 0.5) is 5.95 Å². The summed E-state index contributed by atoms with van der Waals surface area (Å²) in [5.41, 5.74) is 3.13. The Morgan fingerprint density at radius 1 is 1.03 bits per heavy atom. The Kier molecular flexibility index (Phi) is 6.31. The number of anilines is 1. The van der Waals surface area contributed by atoms with Crippen molar-refractivity contribution in [2.45, 2.75) is 39.7 Å². The molecule has 9 nitrogen and oxygen atoms in total. The minimum Gasteiger partial charge on any atom is -0.494 e. The smallest absolute Gasteiger partial charge is 0.226 e. The normalized spacial score (nSPS) is 18.0. The van der Waals surface area contributed by atoms with Gasteiger partial charge in [0, 0.05) is 23.3 Å². The van der Waals surface area contributed by atoms with Gasteiger partial charge in [-0.3, -0.25) is 4.79 Å². The maximum atomic E-state index is 13.5. The Labute approximate surface area is 216 Å². The van der Waals surface area contributed by atoms with Gasteiger partial charge in [-0.1, -0.05) is 26.0 Å². The van der Waals surface area contributed by atoms with Gasteiger partial charge in [-0.15, -0.1) is 5.10 Å². The molecule has 0 bridgehead atoms. The maximum absolute atomic E-state index is 13.5. The van der Waals surface area contributed by atoms with Crippen LogP contribution in [0.1, 0.15) is 45.2 Å². The first-order chi connectivity index (χ1) is 17.8. The van der Waals surface area contributed by atoms with E-state index in [1.54, 1.807) is 26.0 Å². The fourth-order valence-electron chi connectivity index (χ4n) is 5.16. The minimum atomic E-state index is -0.409. The number of hydrogen-bond donors (Lipinski definition) is 1. The summed E-state index contributed by atoms with van der Waals surface area (Å²) in [5, 5.41) is 8.30. The summed E-state index contributed by atoms with van der Waals surface area (Å²) in [5.74, 6) is 3.46. The molecule has 1 aliphatic heterocycles. The number of fused-ring (bicyclic) bond motifs is 1. The van der Waals surface area contributed by atoms with Crippen LogP contribution < -0.4 is 24.3 Å². The first-order valence-corrected chi connectivity index (χ1v) is 12.3. The molecular weight excluding hydrogens is 472 g/mol. The monoisotopic (exact) mass is 504 g/mol. The summed E-state index contributed by atoms with van der Waals surface area (Å²) in [7, 11) is 4.71. The number of methoxy groups -OCH3 is 3. The van der Waals surface area contributed by atoms with Crippen molar-refractivity contribution in [1.29, 1.82) is 0 Å². The van der Waals surface area contributed by atoms with E-state index in [-0.39, 0.29) is 11.2 Å². The number of benzene rings is 2. The van der Waals surface area contributed by atoms with Crippen molar-refractivity contribution in [2.24, 2.45) is 5.41 Å². The zero-order chi connectivity index (χ0) is 26.3. The number of Topliss-reactive ketones (excluding diaryl/α,β-unsaturated/α-hetero) is 1. The third-order valence-corrected chi connectivity index (χ3v) is 6.76. The van der Waals surface area contributed by atoms with E-state index in [2.05, 4.69) is 19.2 Å². The second-order valence-electron chi connectivity index (χ2n) is 9.98. The van der Waals surface area contributed by atoms with E-state index in [1.165, 1.54) is 0 Å². The number of carbonyl (C=O) groups is 1. The molecule has 194 valence electrons. The van der Waals surface area contributed by atoms with Crippen LogP contribution in [-0.2, 0) is 4.79 Å². The largest absolute Gasteiger partial charge is 0.494 e. The molecule has 0 radical (unpaired) electrons. The van der Waals surface area contributed by atoms with Crippen LogP contribution in [0.3, 0.4) is 0 Å². The number of carbonyl (C=O) groups excluding carboxylic acids is 1. The van der Waals surface area contributed by atoms with Crippen LogP contribution in [-0.4, -0.2) is 48.5 Å². The first kappa shape index (κ1) is 24.7. The fourth-order valence-corrected chi connectivity index (χ4v) is 5.16. The molecule has 1 unspecified atom stereocenters. The van der Waals surface area contributed by atoms with Crippen LogP contribution in [0.2, 0.25) is 0 Å². The summed E-state index contributed by atoms with van der Waals surface area (Å²) in [6.45, 7) is 6.76. The van der Waals surface area contributed by atoms with E-state index in [4.69, 9.17) is 29.0 Å². The number of rotatable bonds is 7. The summed E-state index contributed by atoms with van der Waals surface area (Å²) < 4.78 is 24.0. The standard InChI is InChI=1S/C28H32N4O5/c1-7-37-18-10-8-16(9-11-18)24-23-19(14-28(2,3)15-20(23)33)29-27-30-26(31-32(24)27)17-12-21(34-4)25(36-6)22(13-17)35-5/h8-13,24H,7,14-15H2,1-6H3,(H,29,30,31). The maximum Gasteiger partial charge on any atom is 0.226 e. The van der Waals surface area contributed by atoms with Crippen molar-refractivity contribution in [3.05, 3.63) is 53.2 Å². The molecule has 1 aliphatic carbocycles. The second kappa shape index (κ2) is 9.46. The van der Waals surface area contributed by atoms with Gasteiger partial charge in [0.25, 0.3) is 0 Å². The molecule has 2 heterocycles. The number of ether oxygens (including phenoxy) is 4. The molecule has 1 N–H and O–H groups in total. The Balaban J connectivity index is 1.65. The van der Waals surface area contributed by atoms with E-state index < -0.39 is 6.04 Å². The van der Waals surface area contributed by atoms with Crippen LogP contribution >= 0.6 is 0 Å². The highest BCUT2D eigenvalue weighted by Crippen LogP contribution is 2.46. The van der Waals surface area contributed by atoms with Crippen molar-refractivity contribution < 1.29 is 23.7 Å². The zero-order valence-electron chi connectivity index (χ0n) is 22.0. The average molecular weight is 505 g/mol. The fraction of sp³-hybridized carbons (Fsp3) is 0.393. The molecule has 1 atom stereocenters. The lowest BCUT2D eigenvalue weighted by Gasteiger charge is -2.38. The van der Waals surface area contributed by atoms with Crippen molar-refractivity contribution >= 4 is 11.7 Å². The Bertz CT molecular complexity index is 1350. The predicted molar refractivity (Wildman–Crippen MR) is 140 cm³/mol. The van der Waals surface area contributed by atoms with Crippen LogP contribution in [0.25, 0.3) is 11.4 Å². The molecule has 2 aromatic carbocycles. The summed E-state index contributed by atoms with van der Waals surface area (Å²) in [6.07, 6.45) is 1.22. The topological polar surface area (TPSA) is 96.7 Å². The molecule has 37 heavy (non-hydrogen) atoms. The third-order valence-electron chi connectivity index (χ3n) is 6.76. The predicted octanol–water partition coefficient (Wildman–Crippen LogP) is 5.03. The SMILES string of the molecule is CCOc1ccc(C2C3=C(CC(C)(C)CC3=O)Nc3nc(-c4cc(OC)c(OC)c(OC)c4)nn32)cc1. The van der Waals surface area contributed by atoms with Gasteiger partial charge < -0.3 is 24.3 Å². The number of allylic oxidation sites excluding steroid dienone is 2. The quantitative estimate of drug-likeness (QED) is 0.479. The Hall–Kier alpha value is -4.01. The van der Waals surface area contributed by atoms with Gasteiger partial charge in [-0.2, -0.15) is 4.98 Å². The lowest BCUT2D eigenvalue weighted by atomic mass is 9.73. The van der Waals surface area contributed by atoms with E-state index in [9.17, 15) is 4.79 Å². The van der Waals surface area contributed by atoms with Gasteiger partial charge in [0.2, 0.25) is 11.7 Å². The van der Waals surface area contributed by atoms with Gasteiger partial charge >= 0.3 is 0 Å². The number of aromatic nitrogens is 3. The van der Waals surface area contributed by atoms with Gasteiger partial charge in [-0.05, 0) is 48.6 Å². The van der Waals surface area contributed by atoms with Gasteiger partial charge in [-0.25, -0.2) is 4.68 Å². The van der Waals surface area contributed by atoms with Crippen molar-refractivity contribution in [3.63, 3.8) is 0 Å². The zero-order valence-corrected chi connectivity index (χ0v) is 22.0. The number of nitrogens with one attached hydrogen (secondary N) is 1. The van der Waals surface area contributed by atoms with Crippen molar-refractivity contribution in [1.82, 2.24) is 14.8 Å². The van der Waals surface area contributed by atoms with Crippen LogP contribution in [0, 0.1) is 5.41 Å². The molecule has 0 saturated heterocycles. The highest BCUT2D eigenvalue weighted by Gasteiger charge is 2.42. The molecule has 1 aromatic heterocycles. The number of nitrogens with zero attached hydrogens (tertiary/aromatic N) is 3. The van der Waals surface area contributed by atoms with E-state index >= 15 is 0 Å². The molecule has 0 spiro atoms. The highest BCUT2D eigenvalue weighted by atomic mass is 16.5. The highest BCUT2D eigenvalue weighted by molar-refractivity contribution is 6.00. The molecule has 0 fully saturated rings. The lowest BCUT2D eigenvalue weighted by Crippen LogP contribution is -2.36. The van der Waals surface area contributed by atoms with Crippen LogP contribution in [0.15, 0.2) is 47.7 Å². The summed E-state index contributed by atoms with van der Waals surface area (Å²) >= 11 is 0. The number of ketones is 1. The van der Waals surface area contributed by atoms with Crippen molar-refractivity contribution in [2.75, 3.05) is 33.3 Å². The average Bonchev–Trinajstić information content (AvgIpc) is 3.30.